The maximum atomic E-state index is 15.2. The van der Waals surface area contributed by atoms with E-state index < -0.39 is 42.9 Å². The number of nitrogens with one attached hydrogen (secondary N) is 2. The van der Waals surface area contributed by atoms with Gasteiger partial charge in [0.1, 0.15) is 19.2 Å². The third-order valence-corrected chi connectivity index (χ3v) is 7.79. The summed E-state index contributed by atoms with van der Waals surface area (Å²) in [6, 6.07) is 11.4. The van der Waals surface area contributed by atoms with Gasteiger partial charge in [-0.2, -0.15) is 0 Å². The standard InChI is InChI=1S/C25H24ClF3N3O3P/c1-36(2,35)21-6-4-3-5-15(21)16-8-10-20(23(29)22(16)28)32-12-11-19(24(32)33)31-25(34)30-18-9-7-14(26)13-17(18)27/h3-10,13,19,24,33H,11-12H2,1-2H3,(H2,30,31,34)/t19-,24?/m1/s1. The molecule has 1 saturated heterocycles. The number of rotatable bonds is 5. The van der Waals surface area contributed by atoms with Crippen molar-refractivity contribution in [2.75, 3.05) is 30.1 Å². The number of benzene rings is 3. The number of nitrogens with zero attached hydrogens (tertiary/aromatic N) is 1. The molecule has 0 spiro atoms. The normalized spacial score (nSPS) is 17.8. The number of amides is 2. The van der Waals surface area contributed by atoms with Gasteiger partial charge in [-0.3, -0.25) is 0 Å². The van der Waals surface area contributed by atoms with Crippen molar-refractivity contribution >= 4 is 41.5 Å². The second-order valence-corrected chi connectivity index (χ2v) is 12.5. The molecular weight excluding hydrogens is 514 g/mol. The van der Waals surface area contributed by atoms with Gasteiger partial charge in [0.25, 0.3) is 0 Å². The van der Waals surface area contributed by atoms with Gasteiger partial charge >= 0.3 is 6.03 Å². The first kappa shape index (κ1) is 26.1. The van der Waals surface area contributed by atoms with Crippen LogP contribution in [0, 0.1) is 17.5 Å². The summed E-state index contributed by atoms with van der Waals surface area (Å²) >= 11 is 5.70. The van der Waals surface area contributed by atoms with Crippen LogP contribution in [0.25, 0.3) is 11.1 Å². The number of carbonyl (C=O) groups excluding carboxylic acids is 1. The predicted molar refractivity (Wildman–Crippen MR) is 136 cm³/mol. The Kier molecular flexibility index (Phi) is 7.36. The van der Waals surface area contributed by atoms with E-state index in [0.29, 0.717) is 10.9 Å². The van der Waals surface area contributed by atoms with Gasteiger partial charge in [0, 0.05) is 22.4 Å². The zero-order valence-electron chi connectivity index (χ0n) is 19.4. The molecule has 4 rings (SSSR count). The third-order valence-electron chi connectivity index (χ3n) is 6.00. The smallest absolute Gasteiger partial charge is 0.319 e. The van der Waals surface area contributed by atoms with Crippen LogP contribution in [0.4, 0.5) is 29.3 Å². The summed E-state index contributed by atoms with van der Waals surface area (Å²) in [5.74, 6) is -3.03. The quantitative estimate of drug-likeness (QED) is 0.381. The van der Waals surface area contributed by atoms with Gasteiger partial charge < -0.3 is 25.2 Å². The molecule has 2 atom stereocenters. The first-order valence-corrected chi connectivity index (χ1v) is 14.1. The van der Waals surface area contributed by atoms with Crippen LogP contribution in [-0.2, 0) is 4.57 Å². The Bertz CT molecular complexity index is 1370. The maximum Gasteiger partial charge on any atom is 0.319 e. The van der Waals surface area contributed by atoms with E-state index >= 15 is 8.78 Å². The van der Waals surface area contributed by atoms with Crippen molar-refractivity contribution in [2.24, 2.45) is 0 Å². The van der Waals surface area contributed by atoms with Gasteiger partial charge in [-0.25, -0.2) is 18.0 Å². The summed E-state index contributed by atoms with van der Waals surface area (Å²) in [6.45, 7) is 3.24. The molecule has 6 nitrogen and oxygen atoms in total. The largest absolute Gasteiger partial charge is 0.371 e. The number of anilines is 2. The Morgan fingerprint density at radius 3 is 2.47 bits per heavy atom. The van der Waals surface area contributed by atoms with E-state index in [2.05, 4.69) is 10.6 Å². The lowest BCUT2D eigenvalue weighted by Gasteiger charge is -2.27. The number of aliphatic hydroxyl groups is 1. The summed E-state index contributed by atoms with van der Waals surface area (Å²) in [7, 11) is -2.77. The van der Waals surface area contributed by atoms with Gasteiger partial charge in [-0.05, 0) is 55.6 Å². The number of carbonyl (C=O) groups is 1. The monoisotopic (exact) mass is 537 g/mol. The zero-order valence-corrected chi connectivity index (χ0v) is 21.1. The third kappa shape index (κ3) is 5.24. The second-order valence-electron chi connectivity index (χ2n) is 8.85. The fraction of sp³-hybridized carbons (Fsp3) is 0.240. The minimum absolute atomic E-state index is 0.0384. The average molecular weight is 538 g/mol. The summed E-state index contributed by atoms with van der Waals surface area (Å²) < 4.78 is 57.0. The Balaban J connectivity index is 1.53. The van der Waals surface area contributed by atoms with Crippen molar-refractivity contribution in [1.82, 2.24) is 5.32 Å². The average Bonchev–Trinajstić information content (AvgIpc) is 3.16. The topological polar surface area (TPSA) is 81.7 Å². The molecule has 3 N–H and O–H groups in total. The summed E-state index contributed by atoms with van der Waals surface area (Å²) in [6.07, 6.45) is -1.12. The molecule has 11 heteroatoms. The van der Waals surface area contributed by atoms with Crippen molar-refractivity contribution in [3.63, 3.8) is 0 Å². The molecule has 0 aromatic heterocycles. The highest BCUT2D eigenvalue weighted by Gasteiger charge is 2.36. The van der Waals surface area contributed by atoms with Crippen LogP contribution in [0.2, 0.25) is 5.02 Å². The lowest BCUT2D eigenvalue weighted by atomic mass is 10.0. The molecule has 0 aliphatic carbocycles. The van der Waals surface area contributed by atoms with Crippen molar-refractivity contribution in [2.45, 2.75) is 18.7 Å². The van der Waals surface area contributed by atoms with Gasteiger partial charge in [-0.1, -0.05) is 35.9 Å². The fourth-order valence-corrected chi connectivity index (χ4v) is 5.62. The van der Waals surface area contributed by atoms with Crippen LogP contribution in [0.3, 0.4) is 0 Å². The minimum Gasteiger partial charge on any atom is -0.371 e. The highest BCUT2D eigenvalue weighted by molar-refractivity contribution is 7.70. The molecule has 1 unspecified atom stereocenters. The van der Waals surface area contributed by atoms with E-state index in [4.69, 9.17) is 11.6 Å². The van der Waals surface area contributed by atoms with Gasteiger partial charge in [0.15, 0.2) is 11.6 Å². The molecule has 2 amide bonds. The van der Waals surface area contributed by atoms with Crippen molar-refractivity contribution < 1.29 is 27.6 Å². The van der Waals surface area contributed by atoms with E-state index in [-0.39, 0.29) is 34.9 Å². The SMILES string of the molecule is CP(C)(=O)c1ccccc1-c1ccc(N2CC[C@@H](NC(=O)Nc3ccc(Cl)cc3F)C2O)c(F)c1F. The Morgan fingerprint density at radius 1 is 1.06 bits per heavy atom. The van der Waals surface area contributed by atoms with Crippen molar-refractivity contribution in [3.05, 3.63) is 77.1 Å². The van der Waals surface area contributed by atoms with Crippen LogP contribution >= 0.6 is 18.7 Å². The molecule has 1 fully saturated rings. The first-order chi connectivity index (χ1) is 17.0. The molecule has 0 saturated carbocycles. The van der Waals surface area contributed by atoms with E-state index in [1.807, 2.05) is 0 Å². The number of aliphatic hydroxyl groups excluding tert-OH is 1. The summed E-state index contributed by atoms with van der Waals surface area (Å²) in [5, 5.41) is 16.2. The molecule has 0 radical (unpaired) electrons. The second kappa shape index (κ2) is 10.2. The Hall–Kier alpha value is -3.00. The van der Waals surface area contributed by atoms with Crippen LogP contribution < -0.4 is 20.8 Å². The molecule has 190 valence electrons. The first-order valence-electron chi connectivity index (χ1n) is 11.1. The number of hydrogen-bond acceptors (Lipinski definition) is 4. The molecular formula is C25H24ClF3N3O3P. The molecule has 1 heterocycles. The lowest BCUT2D eigenvalue weighted by molar-refractivity contribution is 0.152. The Morgan fingerprint density at radius 2 is 1.78 bits per heavy atom. The highest BCUT2D eigenvalue weighted by Crippen LogP contribution is 2.40. The van der Waals surface area contributed by atoms with E-state index in [9.17, 15) is 18.9 Å². The summed E-state index contributed by atoms with van der Waals surface area (Å²) in [4.78, 5) is 13.6. The van der Waals surface area contributed by atoms with Crippen LogP contribution in [0.5, 0.6) is 0 Å². The maximum absolute atomic E-state index is 15.2. The highest BCUT2D eigenvalue weighted by atomic mass is 35.5. The lowest BCUT2D eigenvalue weighted by Crippen LogP contribution is -2.46. The number of halogens is 4. The summed E-state index contributed by atoms with van der Waals surface area (Å²) in [5.41, 5.74) is 0.0182. The molecule has 3 aromatic rings. The van der Waals surface area contributed by atoms with Crippen LogP contribution in [-0.4, -0.2) is 43.3 Å². The van der Waals surface area contributed by atoms with E-state index in [1.54, 1.807) is 37.6 Å². The molecule has 36 heavy (non-hydrogen) atoms. The van der Waals surface area contributed by atoms with Crippen LogP contribution in [0.1, 0.15) is 6.42 Å². The fourth-order valence-electron chi connectivity index (χ4n) is 4.24. The van der Waals surface area contributed by atoms with Crippen molar-refractivity contribution in [3.8, 4) is 11.1 Å². The van der Waals surface area contributed by atoms with Gasteiger partial charge in [0.05, 0.1) is 17.4 Å². The van der Waals surface area contributed by atoms with E-state index in [1.165, 1.54) is 29.2 Å². The van der Waals surface area contributed by atoms with Gasteiger partial charge in [-0.15, -0.1) is 0 Å². The zero-order chi connectivity index (χ0) is 26.2. The molecule has 0 bridgehead atoms. The predicted octanol–water partition coefficient (Wildman–Crippen LogP) is 5.39. The Labute approximate surface area is 211 Å². The van der Waals surface area contributed by atoms with E-state index in [0.717, 1.165) is 6.07 Å². The molecule has 1 aliphatic heterocycles. The number of hydrogen-bond donors (Lipinski definition) is 3. The minimum atomic E-state index is -2.77. The molecule has 3 aromatic carbocycles. The molecule has 1 aliphatic rings. The van der Waals surface area contributed by atoms with Crippen LogP contribution in [0.15, 0.2) is 54.6 Å². The van der Waals surface area contributed by atoms with Crippen molar-refractivity contribution in [1.29, 1.82) is 0 Å². The van der Waals surface area contributed by atoms with Gasteiger partial charge in [0.2, 0.25) is 0 Å². The number of urea groups is 1.